The molecule has 1 aromatic heterocycles. The van der Waals surface area contributed by atoms with Crippen LogP contribution in [0.15, 0.2) is 18.5 Å². The molecule has 1 aromatic rings. The van der Waals surface area contributed by atoms with Crippen LogP contribution in [0.4, 0.5) is 13.2 Å². The number of rotatable bonds is 3. The minimum atomic E-state index is -4.18. The zero-order chi connectivity index (χ0) is 11.6. The van der Waals surface area contributed by atoms with Crippen molar-refractivity contribution in [1.29, 1.82) is 0 Å². The summed E-state index contributed by atoms with van der Waals surface area (Å²) in [6.07, 6.45) is -1.32. The summed E-state index contributed by atoms with van der Waals surface area (Å²) in [6.45, 7) is 2.91. The highest BCUT2D eigenvalue weighted by Gasteiger charge is 2.27. The molecule has 86 valence electrons. The molecule has 15 heavy (non-hydrogen) atoms. The van der Waals surface area contributed by atoms with Crippen molar-refractivity contribution < 1.29 is 13.2 Å². The summed E-state index contributed by atoms with van der Waals surface area (Å²) in [5.74, 6) is 0.215. The molecule has 5 heteroatoms. The lowest BCUT2D eigenvalue weighted by Gasteiger charge is -2.13. The lowest BCUT2D eigenvalue weighted by atomic mass is 10.00. The Morgan fingerprint density at radius 1 is 1.40 bits per heavy atom. The smallest absolute Gasteiger partial charge is 0.345 e. The van der Waals surface area contributed by atoms with E-state index in [9.17, 15) is 13.2 Å². The molecule has 0 bridgehead atoms. The van der Waals surface area contributed by atoms with Crippen LogP contribution in [0.2, 0.25) is 0 Å². The summed E-state index contributed by atoms with van der Waals surface area (Å²) in [5, 5.41) is 0. The second kappa shape index (κ2) is 4.26. The molecule has 0 aliphatic carbocycles. The highest BCUT2D eigenvalue weighted by atomic mass is 19.4. The van der Waals surface area contributed by atoms with Gasteiger partial charge in [-0.25, -0.2) is 0 Å². The van der Waals surface area contributed by atoms with Crippen molar-refractivity contribution in [3.8, 4) is 0 Å². The van der Waals surface area contributed by atoms with E-state index in [1.165, 1.54) is 12.4 Å². The van der Waals surface area contributed by atoms with Crippen LogP contribution in [-0.4, -0.2) is 10.7 Å². The Bertz CT molecular complexity index is 315. The van der Waals surface area contributed by atoms with Crippen molar-refractivity contribution in [3.63, 3.8) is 0 Å². The first-order valence-electron chi connectivity index (χ1n) is 4.77. The van der Waals surface area contributed by atoms with Gasteiger partial charge in [0.15, 0.2) is 0 Å². The number of nitrogens with two attached hydrogens (primary N) is 1. The Hall–Kier alpha value is -0.970. The molecule has 2 nitrogen and oxygen atoms in total. The third kappa shape index (κ3) is 3.58. The Morgan fingerprint density at radius 2 is 2.00 bits per heavy atom. The maximum atomic E-state index is 12.1. The van der Waals surface area contributed by atoms with E-state index < -0.39 is 12.7 Å². The van der Waals surface area contributed by atoms with Gasteiger partial charge in [-0.1, -0.05) is 13.8 Å². The third-order valence-corrected chi connectivity index (χ3v) is 2.24. The molecule has 0 aliphatic rings. The van der Waals surface area contributed by atoms with Gasteiger partial charge in [0.25, 0.3) is 0 Å². The zero-order valence-electron chi connectivity index (χ0n) is 8.75. The molecule has 0 fully saturated rings. The van der Waals surface area contributed by atoms with E-state index in [2.05, 4.69) is 0 Å². The Kier molecular flexibility index (Phi) is 3.44. The number of hydrogen-bond acceptors (Lipinski definition) is 1. The lowest BCUT2D eigenvalue weighted by molar-refractivity contribution is -0.140. The maximum Gasteiger partial charge on any atom is 0.406 e. The van der Waals surface area contributed by atoms with E-state index in [0.717, 1.165) is 10.1 Å². The second-order valence-electron chi connectivity index (χ2n) is 4.00. The van der Waals surface area contributed by atoms with Gasteiger partial charge in [0.05, 0.1) is 0 Å². The molecule has 0 spiro atoms. The minimum absolute atomic E-state index is 0.209. The van der Waals surface area contributed by atoms with Crippen LogP contribution >= 0.6 is 0 Å². The van der Waals surface area contributed by atoms with Gasteiger partial charge in [-0.2, -0.15) is 13.2 Å². The normalized spacial score (nSPS) is 14.6. The summed E-state index contributed by atoms with van der Waals surface area (Å²) in [5.41, 5.74) is 6.56. The number of aromatic nitrogens is 1. The van der Waals surface area contributed by atoms with Crippen LogP contribution in [-0.2, 0) is 6.54 Å². The zero-order valence-corrected chi connectivity index (χ0v) is 8.75. The molecule has 2 N–H and O–H groups in total. The summed E-state index contributed by atoms with van der Waals surface area (Å²) >= 11 is 0. The molecular weight excluding hydrogens is 205 g/mol. The highest BCUT2D eigenvalue weighted by molar-refractivity contribution is 5.15. The standard InChI is InChI=1S/C10H15F3N2/c1-7(2)9(14)8-3-4-15(5-8)6-10(11,12)13/h3-5,7,9H,6,14H2,1-2H3. The monoisotopic (exact) mass is 220 g/mol. The number of halogens is 3. The summed E-state index contributed by atoms with van der Waals surface area (Å²) in [4.78, 5) is 0. The Morgan fingerprint density at radius 3 is 2.47 bits per heavy atom. The van der Waals surface area contributed by atoms with Crippen molar-refractivity contribution in [2.75, 3.05) is 0 Å². The average Bonchev–Trinajstić information content (AvgIpc) is 2.48. The molecule has 0 radical (unpaired) electrons. The van der Waals surface area contributed by atoms with Crippen molar-refractivity contribution in [1.82, 2.24) is 4.57 Å². The molecule has 0 saturated carbocycles. The quantitative estimate of drug-likeness (QED) is 0.834. The molecule has 0 amide bonds. The van der Waals surface area contributed by atoms with Crippen molar-refractivity contribution >= 4 is 0 Å². The van der Waals surface area contributed by atoms with Gasteiger partial charge in [-0.05, 0) is 17.5 Å². The van der Waals surface area contributed by atoms with Gasteiger partial charge in [0.2, 0.25) is 0 Å². The number of alkyl halides is 3. The van der Waals surface area contributed by atoms with E-state index >= 15 is 0 Å². The van der Waals surface area contributed by atoms with Gasteiger partial charge in [0, 0.05) is 18.4 Å². The minimum Gasteiger partial charge on any atom is -0.345 e. The van der Waals surface area contributed by atoms with E-state index in [1.54, 1.807) is 6.07 Å². The van der Waals surface area contributed by atoms with Crippen LogP contribution in [0, 0.1) is 5.92 Å². The topological polar surface area (TPSA) is 30.9 Å². The second-order valence-corrected chi connectivity index (χ2v) is 4.00. The van der Waals surface area contributed by atoms with Crippen molar-refractivity contribution in [2.24, 2.45) is 11.7 Å². The predicted molar refractivity (Wildman–Crippen MR) is 52.3 cm³/mol. The molecule has 1 atom stereocenters. The largest absolute Gasteiger partial charge is 0.406 e. The van der Waals surface area contributed by atoms with Gasteiger partial charge in [0.1, 0.15) is 6.54 Å². The first-order chi connectivity index (χ1) is 6.79. The predicted octanol–water partition coefficient (Wildman–Crippen LogP) is 2.71. The third-order valence-electron chi connectivity index (χ3n) is 2.24. The van der Waals surface area contributed by atoms with Crippen molar-refractivity contribution in [2.45, 2.75) is 32.6 Å². The van der Waals surface area contributed by atoms with Crippen LogP contribution in [0.5, 0.6) is 0 Å². The van der Waals surface area contributed by atoms with E-state index in [4.69, 9.17) is 5.73 Å². The fourth-order valence-corrected chi connectivity index (χ4v) is 1.35. The molecule has 1 heterocycles. The number of nitrogens with zero attached hydrogens (tertiary/aromatic N) is 1. The van der Waals surface area contributed by atoms with Crippen molar-refractivity contribution in [3.05, 3.63) is 24.0 Å². The molecule has 0 aliphatic heterocycles. The van der Waals surface area contributed by atoms with Gasteiger partial charge in [-0.3, -0.25) is 0 Å². The SMILES string of the molecule is CC(C)C(N)c1ccn(CC(F)(F)F)c1. The van der Waals surface area contributed by atoms with Crippen LogP contribution in [0.1, 0.15) is 25.5 Å². The van der Waals surface area contributed by atoms with Crippen LogP contribution < -0.4 is 5.73 Å². The molecule has 0 saturated heterocycles. The maximum absolute atomic E-state index is 12.1. The first-order valence-corrected chi connectivity index (χ1v) is 4.77. The van der Waals surface area contributed by atoms with E-state index in [0.29, 0.717) is 0 Å². The first kappa shape index (κ1) is 12.1. The highest BCUT2D eigenvalue weighted by Crippen LogP contribution is 2.22. The number of hydrogen-bond donors (Lipinski definition) is 1. The summed E-state index contributed by atoms with van der Waals surface area (Å²) in [7, 11) is 0. The van der Waals surface area contributed by atoms with Gasteiger partial charge < -0.3 is 10.3 Å². The average molecular weight is 220 g/mol. The van der Waals surface area contributed by atoms with Gasteiger partial charge in [-0.15, -0.1) is 0 Å². The summed E-state index contributed by atoms with van der Waals surface area (Å²) < 4.78 is 37.3. The molecular formula is C10H15F3N2. The molecule has 0 aromatic carbocycles. The van der Waals surface area contributed by atoms with E-state index in [-0.39, 0.29) is 12.0 Å². The van der Waals surface area contributed by atoms with E-state index in [1.807, 2.05) is 13.8 Å². The Balaban J connectivity index is 2.72. The summed E-state index contributed by atoms with van der Waals surface area (Å²) in [6, 6.07) is 1.43. The lowest BCUT2D eigenvalue weighted by Crippen LogP contribution is -2.18. The fraction of sp³-hybridized carbons (Fsp3) is 0.600. The van der Waals surface area contributed by atoms with Gasteiger partial charge >= 0.3 is 6.18 Å². The Labute approximate surface area is 86.9 Å². The van der Waals surface area contributed by atoms with Crippen LogP contribution in [0.25, 0.3) is 0 Å². The van der Waals surface area contributed by atoms with Crippen LogP contribution in [0.3, 0.4) is 0 Å². The molecule has 1 rings (SSSR count). The fourth-order valence-electron chi connectivity index (χ4n) is 1.35. The molecule has 1 unspecified atom stereocenters.